The highest BCUT2D eigenvalue weighted by atomic mass is 32.2. The van der Waals surface area contributed by atoms with Crippen LogP contribution in [0.5, 0.6) is 0 Å². The van der Waals surface area contributed by atoms with E-state index in [1.54, 1.807) is 30.3 Å². The Kier molecular flexibility index (Phi) is 7.36. The number of hydrogen-bond acceptors (Lipinski definition) is 7. The molecule has 1 aliphatic carbocycles. The molecule has 0 amide bonds. The number of anilines is 1. The van der Waals surface area contributed by atoms with E-state index in [1.807, 2.05) is 13.0 Å². The van der Waals surface area contributed by atoms with E-state index in [4.69, 9.17) is 11.3 Å². The first kappa shape index (κ1) is 22.1. The molecule has 1 aromatic carbocycles. The van der Waals surface area contributed by atoms with Crippen molar-refractivity contribution in [1.82, 2.24) is 15.0 Å². The fourth-order valence-corrected chi connectivity index (χ4v) is 4.94. The summed E-state index contributed by atoms with van der Waals surface area (Å²) in [4.78, 5) is 0. The SMILES string of the molecule is C=CC12CC(C=N)=C(Nc3ccc(F)cc3)C=C1CCN(S/C(=C/NN)NCC)C2. The van der Waals surface area contributed by atoms with E-state index in [2.05, 4.69) is 33.0 Å². The quantitative estimate of drug-likeness (QED) is 0.135. The second-order valence-electron chi connectivity index (χ2n) is 7.33. The lowest BCUT2D eigenvalue weighted by Gasteiger charge is -2.45. The fraction of sp³-hybridized carbons (Fsp3) is 0.318. The Labute approximate surface area is 181 Å². The number of halogens is 1. The highest BCUT2D eigenvalue weighted by molar-refractivity contribution is 8.00. The van der Waals surface area contributed by atoms with E-state index < -0.39 is 0 Å². The summed E-state index contributed by atoms with van der Waals surface area (Å²) in [6, 6.07) is 6.27. The second kappa shape index (κ2) is 9.97. The van der Waals surface area contributed by atoms with Crippen molar-refractivity contribution in [2.75, 3.05) is 25.0 Å². The highest BCUT2D eigenvalue weighted by Crippen LogP contribution is 2.47. The van der Waals surface area contributed by atoms with Gasteiger partial charge in [-0.15, -0.1) is 6.58 Å². The van der Waals surface area contributed by atoms with E-state index in [1.165, 1.54) is 23.9 Å². The molecule has 1 aliphatic heterocycles. The minimum atomic E-state index is -0.268. The maximum Gasteiger partial charge on any atom is 0.123 e. The monoisotopic (exact) mass is 428 g/mol. The van der Waals surface area contributed by atoms with E-state index in [9.17, 15) is 4.39 Å². The zero-order chi connectivity index (χ0) is 21.6. The molecule has 6 nitrogen and oxygen atoms in total. The Hall–Kier alpha value is -2.55. The van der Waals surface area contributed by atoms with Crippen LogP contribution >= 0.6 is 11.9 Å². The molecule has 0 spiro atoms. The largest absolute Gasteiger partial charge is 0.378 e. The van der Waals surface area contributed by atoms with Gasteiger partial charge in [-0.3, -0.25) is 5.84 Å². The van der Waals surface area contributed by atoms with Gasteiger partial charge in [0.1, 0.15) is 10.8 Å². The number of rotatable bonds is 9. The highest BCUT2D eigenvalue weighted by Gasteiger charge is 2.40. The lowest BCUT2D eigenvalue weighted by Crippen LogP contribution is -2.43. The first-order valence-electron chi connectivity index (χ1n) is 9.97. The summed E-state index contributed by atoms with van der Waals surface area (Å²) >= 11 is 1.64. The zero-order valence-electron chi connectivity index (χ0n) is 17.2. The summed E-state index contributed by atoms with van der Waals surface area (Å²) < 4.78 is 15.5. The van der Waals surface area contributed by atoms with Crippen molar-refractivity contribution >= 4 is 23.8 Å². The van der Waals surface area contributed by atoms with Crippen molar-refractivity contribution in [3.05, 3.63) is 76.9 Å². The van der Waals surface area contributed by atoms with Crippen molar-refractivity contribution < 1.29 is 4.39 Å². The second-order valence-corrected chi connectivity index (χ2v) is 8.47. The minimum absolute atomic E-state index is 0.223. The van der Waals surface area contributed by atoms with E-state index in [0.717, 1.165) is 48.0 Å². The summed E-state index contributed by atoms with van der Waals surface area (Å²) in [6.45, 7) is 8.68. The van der Waals surface area contributed by atoms with E-state index in [0.29, 0.717) is 6.42 Å². The molecule has 6 N–H and O–H groups in total. The molecule has 1 saturated heterocycles. The molecule has 1 atom stereocenters. The molecule has 30 heavy (non-hydrogen) atoms. The van der Waals surface area contributed by atoms with Crippen LogP contribution in [0.2, 0.25) is 0 Å². The molecular formula is C22H29FN6S. The number of nitrogens with zero attached hydrogens (tertiary/aromatic N) is 1. The van der Waals surface area contributed by atoms with Gasteiger partial charge in [0, 0.05) is 48.8 Å². The van der Waals surface area contributed by atoms with E-state index in [-0.39, 0.29) is 11.2 Å². The molecule has 8 heteroatoms. The first-order chi connectivity index (χ1) is 14.5. The predicted molar refractivity (Wildman–Crippen MR) is 124 cm³/mol. The lowest BCUT2D eigenvalue weighted by molar-refractivity contribution is 0.278. The van der Waals surface area contributed by atoms with Crippen molar-refractivity contribution in [3.63, 3.8) is 0 Å². The predicted octanol–water partition coefficient (Wildman–Crippen LogP) is 3.87. The average molecular weight is 429 g/mol. The van der Waals surface area contributed by atoms with Crippen LogP contribution in [0.15, 0.2) is 71.1 Å². The van der Waals surface area contributed by atoms with Crippen molar-refractivity contribution in [2.45, 2.75) is 19.8 Å². The maximum atomic E-state index is 13.2. The minimum Gasteiger partial charge on any atom is -0.378 e. The van der Waals surface area contributed by atoms with Crippen LogP contribution in [0.4, 0.5) is 10.1 Å². The smallest absolute Gasteiger partial charge is 0.123 e. The summed E-state index contributed by atoms with van der Waals surface area (Å²) in [5.41, 5.74) is 6.28. The van der Waals surface area contributed by atoms with Crippen molar-refractivity contribution in [3.8, 4) is 0 Å². The van der Waals surface area contributed by atoms with Gasteiger partial charge in [-0.25, -0.2) is 8.70 Å². The molecule has 0 bridgehead atoms. The van der Waals surface area contributed by atoms with Gasteiger partial charge in [0.25, 0.3) is 0 Å². The van der Waals surface area contributed by atoms with Gasteiger partial charge in [0.2, 0.25) is 0 Å². The number of piperidine rings is 1. The van der Waals surface area contributed by atoms with Crippen LogP contribution in [-0.2, 0) is 0 Å². The van der Waals surface area contributed by atoms with Gasteiger partial charge >= 0.3 is 0 Å². The van der Waals surface area contributed by atoms with Crippen LogP contribution in [0, 0.1) is 16.6 Å². The fourth-order valence-electron chi connectivity index (χ4n) is 3.85. The van der Waals surface area contributed by atoms with Crippen molar-refractivity contribution in [2.24, 2.45) is 11.3 Å². The molecule has 1 fully saturated rings. The Balaban J connectivity index is 1.81. The number of hydrogen-bond donors (Lipinski definition) is 5. The normalized spacial score (nSPS) is 22.1. The maximum absolute atomic E-state index is 13.2. The number of nitrogens with two attached hydrogens (primary N) is 1. The van der Waals surface area contributed by atoms with Gasteiger partial charge in [-0.1, -0.05) is 11.6 Å². The van der Waals surface area contributed by atoms with Crippen LogP contribution < -0.4 is 21.9 Å². The lowest BCUT2D eigenvalue weighted by atomic mass is 9.69. The first-order valence-corrected chi connectivity index (χ1v) is 10.7. The van der Waals surface area contributed by atoms with E-state index >= 15 is 0 Å². The van der Waals surface area contributed by atoms with Gasteiger partial charge in [-0.2, -0.15) is 0 Å². The molecule has 0 radical (unpaired) electrons. The average Bonchev–Trinajstić information content (AvgIpc) is 2.75. The summed E-state index contributed by atoms with van der Waals surface area (Å²) in [6.07, 6.45) is 8.91. The summed E-state index contributed by atoms with van der Waals surface area (Å²) in [7, 11) is 0. The Bertz CT molecular complexity index is 876. The van der Waals surface area contributed by atoms with Gasteiger partial charge in [-0.05, 0) is 67.6 Å². The van der Waals surface area contributed by atoms with Crippen LogP contribution in [-0.4, -0.2) is 30.2 Å². The van der Waals surface area contributed by atoms with Crippen molar-refractivity contribution in [1.29, 1.82) is 5.41 Å². The third-order valence-electron chi connectivity index (χ3n) is 5.38. The summed E-state index contributed by atoms with van der Waals surface area (Å²) in [5.74, 6) is 5.20. The number of fused-ring (bicyclic) bond motifs is 1. The Morgan fingerprint density at radius 2 is 2.17 bits per heavy atom. The number of benzene rings is 1. The molecule has 3 rings (SSSR count). The molecule has 1 aromatic rings. The molecule has 0 aromatic heterocycles. The zero-order valence-corrected chi connectivity index (χ0v) is 18.0. The van der Waals surface area contributed by atoms with Gasteiger partial charge in [0.05, 0.1) is 0 Å². The number of nitrogens with one attached hydrogen (secondary N) is 4. The third-order valence-corrected chi connectivity index (χ3v) is 6.41. The Morgan fingerprint density at radius 3 is 2.80 bits per heavy atom. The van der Waals surface area contributed by atoms with Gasteiger partial charge < -0.3 is 21.5 Å². The molecule has 2 aliphatic rings. The molecule has 160 valence electrons. The molecule has 1 heterocycles. The van der Waals surface area contributed by atoms with Gasteiger partial charge in [0.15, 0.2) is 0 Å². The standard InChI is InChI=1S/C22H29FN6S/c1-3-22-12-16(13-24)20(28-19-7-5-18(23)6-8-19)11-17(22)9-10-29(15-22)30-21(14-27-25)26-4-2/h3,5-8,11,13-14,24,26-28H,1,4,9-10,12,15,25H2,2H3/b21-14+,24-13?. The molecular weight excluding hydrogens is 399 g/mol. The molecule has 0 saturated carbocycles. The summed E-state index contributed by atoms with van der Waals surface area (Å²) in [5, 5.41) is 15.6. The number of allylic oxidation sites excluding steroid dienone is 2. The van der Waals surface area contributed by atoms with Crippen LogP contribution in [0.3, 0.4) is 0 Å². The molecule has 1 unspecified atom stereocenters. The Morgan fingerprint density at radius 1 is 1.40 bits per heavy atom. The topological polar surface area (TPSA) is 89.2 Å². The van der Waals surface area contributed by atoms with Crippen LogP contribution in [0.25, 0.3) is 0 Å². The van der Waals surface area contributed by atoms with Crippen LogP contribution in [0.1, 0.15) is 19.8 Å². The number of hydrazine groups is 1. The third kappa shape index (κ3) is 4.95.